The van der Waals surface area contributed by atoms with Crippen LogP contribution in [0.15, 0.2) is 54.6 Å². The Morgan fingerprint density at radius 1 is 1.00 bits per heavy atom. The van der Waals surface area contributed by atoms with Crippen LogP contribution in [0.2, 0.25) is 0 Å². The maximum atomic E-state index is 12.0. The van der Waals surface area contributed by atoms with Crippen molar-refractivity contribution in [2.24, 2.45) is 0 Å². The summed E-state index contributed by atoms with van der Waals surface area (Å²) in [6, 6.07) is 16.2. The second-order valence-corrected chi connectivity index (χ2v) is 5.10. The Morgan fingerprint density at radius 2 is 1.75 bits per heavy atom. The predicted molar refractivity (Wildman–Crippen MR) is 94.2 cm³/mol. The van der Waals surface area contributed by atoms with Gasteiger partial charge in [-0.05, 0) is 30.3 Å². The minimum absolute atomic E-state index is 0.115. The van der Waals surface area contributed by atoms with Gasteiger partial charge in [-0.3, -0.25) is 9.59 Å². The third kappa shape index (κ3) is 5.73. The Morgan fingerprint density at radius 3 is 2.50 bits per heavy atom. The number of benzene rings is 2. The zero-order chi connectivity index (χ0) is 17.2. The van der Waals surface area contributed by atoms with Crippen LogP contribution in [0.4, 0.5) is 11.4 Å². The van der Waals surface area contributed by atoms with Gasteiger partial charge in [-0.15, -0.1) is 0 Å². The van der Waals surface area contributed by atoms with Crippen LogP contribution < -0.4 is 16.0 Å². The fourth-order valence-corrected chi connectivity index (χ4v) is 2.05. The normalized spacial score (nSPS) is 10.0. The maximum Gasteiger partial charge on any atom is 0.251 e. The van der Waals surface area contributed by atoms with E-state index in [2.05, 4.69) is 16.0 Å². The van der Waals surface area contributed by atoms with Crippen molar-refractivity contribution in [3.8, 4) is 0 Å². The van der Waals surface area contributed by atoms with Gasteiger partial charge in [0.05, 0.1) is 13.2 Å². The Hall–Kier alpha value is -2.86. The van der Waals surface area contributed by atoms with Gasteiger partial charge in [0.15, 0.2) is 0 Å². The van der Waals surface area contributed by atoms with Crippen molar-refractivity contribution >= 4 is 23.2 Å². The Labute approximate surface area is 141 Å². The summed E-state index contributed by atoms with van der Waals surface area (Å²) < 4.78 is 4.89. The number of ether oxygens (including phenoxy) is 1. The van der Waals surface area contributed by atoms with E-state index in [1.54, 1.807) is 25.3 Å². The molecule has 0 aliphatic carbocycles. The molecule has 0 bridgehead atoms. The van der Waals surface area contributed by atoms with Crippen molar-refractivity contribution in [1.29, 1.82) is 0 Å². The number of hydrogen-bond donors (Lipinski definition) is 3. The first-order valence-electron chi connectivity index (χ1n) is 7.65. The number of amides is 2. The van der Waals surface area contributed by atoms with Crippen molar-refractivity contribution in [2.45, 2.75) is 0 Å². The second-order valence-electron chi connectivity index (χ2n) is 5.10. The lowest BCUT2D eigenvalue weighted by Crippen LogP contribution is -2.27. The van der Waals surface area contributed by atoms with Crippen molar-refractivity contribution in [2.75, 3.05) is 37.4 Å². The quantitative estimate of drug-likeness (QED) is 0.649. The van der Waals surface area contributed by atoms with E-state index in [4.69, 9.17) is 4.74 Å². The zero-order valence-corrected chi connectivity index (χ0v) is 13.5. The van der Waals surface area contributed by atoms with E-state index < -0.39 is 0 Å². The second kappa shape index (κ2) is 9.32. The van der Waals surface area contributed by atoms with Crippen LogP contribution in [0.5, 0.6) is 0 Å². The van der Waals surface area contributed by atoms with Gasteiger partial charge in [0.2, 0.25) is 5.91 Å². The number of carbonyl (C=O) groups excluding carboxylic acids is 2. The smallest absolute Gasteiger partial charge is 0.251 e. The first-order valence-corrected chi connectivity index (χ1v) is 7.65. The van der Waals surface area contributed by atoms with E-state index in [0.717, 1.165) is 5.69 Å². The van der Waals surface area contributed by atoms with Crippen molar-refractivity contribution in [3.05, 3.63) is 60.2 Å². The van der Waals surface area contributed by atoms with Gasteiger partial charge in [0.1, 0.15) is 0 Å². The molecular weight excluding hydrogens is 306 g/mol. The molecule has 0 atom stereocenters. The minimum Gasteiger partial charge on any atom is -0.383 e. The summed E-state index contributed by atoms with van der Waals surface area (Å²) in [5.41, 5.74) is 1.98. The van der Waals surface area contributed by atoms with E-state index in [0.29, 0.717) is 24.4 Å². The topological polar surface area (TPSA) is 79.5 Å². The highest BCUT2D eigenvalue weighted by Crippen LogP contribution is 2.11. The molecule has 0 saturated carbocycles. The molecule has 6 heteroatoms. The van der Waals surface area contributed by atoms with Gasteiger partial charge in [-0.25, -0.2) is 0 Å². The van der Waals surface area contributed by atoms with Gasteiger partial charge in [0.25, 0.3) is 5.91 Å². The summed E-state index contributed by atoms with van der Waals surface area (Å²) in [5, 5.41) is 8.55. The largest absolute Gasteiger partial charge is 0.383 e. The molecule has 0 saturated heterocycles. The van der Waals surface area contributed by atoms with Crippen molar-refractivity contribution in [3.63, 3.8) is 0 Å². The van der Waals surface area contributed by atoms with Gasteiger partial charge in [-0.2, -0.15) is 0 Å². The first-order chi connectivity index (χ1) is 11.7. The zero-order valence-electron chi connectivity index (χ0n) is 13.5. The number of nitrogens with one attached hydrogen (secondary N) is 3. The first kappa shape index (κ1) is 17.5. The summed E-state index contributed by atoms with van der Waals surface area (Å²) in [4.78, 5) is 23.9. The lowest BCUT2D eigenvalue weighted by molar-refractivity contribution is -0.114. The molecule has 2 aromatic carbocycles. The van der Waals surface area contributed by atoms with Gasteiger partial charge in [-0.1, -0.05) is 24.3 Å². The highest BCUT2D eigenvalue weighted by molar-refractivity contribution is 5.96. The number of para-hydroxylation sites is 1. The molecule has 0 aliphatic heterocycles. The van der Waals surface area contributed by atoms with Crippen LogP contribution >= 0.6 is 0 Å². The molecule has 0 radical (unpaired) electrons. The molecular formula is C18H21N3O3. The van der Waals surface area contributed by atoms with Crippen molar-refractivity contribution in [1.82, 2.24) is 5.32 Å². The predicted octanol–water partition coefficient (Wildman–Crippen LogP) is 2.11. The Balaban J connectivity index is 1.85. The maximum absolute atomic E-state index is 12.0. The fourth-order valence-electron chi connectivity index (χ4n) is 2.05. The van der Waals surface area contributed by atoms with Crippen LogP contribution in [0.3, 0.4) is 0 Å². The number of carbonyl (C=O) groups is 2. The third-order valence-corrected chi connectivity index (χ3v) is 3.23. The lowest BCUT2D eigenvalue weighted by atomic mass is 10.2. The Kier molecular flexibility index (Phi) is 6.79. The summed E-state index contributed by atoms with van der Waals surface area (Å²) in [6.45, 7) is 1.03. The molecule has 24 heavy (non-hydrogen) atoms. The molecule has 0 spiro atoms. The van der Waals surface area contributed by atoms with Crippen LogP contribution in [-0.4, -0.2) is 38.6 Å². The SMILES string of the molecule is COCCNC(=O)c1cccc(NCC(=O)Nc2ccccc2)c1. The number of hydrogen-bond acceptors (Lipinski definition) is 4. The van der Waals surface area contributed by atoms with Crippen molar-refractivity contribution < 1.29 is 14.3 Å². The molecule has 0 heterocycles. The summed E-state index contributed by atoms with van der Waals surface area (Å²) in [6.07, 6.45) is 0. The molecule has 126 valence electrons. The summed E-state index contributed by atoms with van der Waals surface area (Å²) in [5.74, 6) is -0.333. The molecule has 0 aromatic heterocycles. The molecule has 0 unspecified atom stereocenters. The Bertz CT molecular complexity index is 674. The number of methoxy groups -OCH3 is 1. The highest BCUT2D eigenvalue weighted by atomic mass is 16.5. The van der Waals surface area contributed by atoms with Crippen LogP contribution in [0.1, 0.15) is 10.4 Å². The minimum atomic E-state index is -0.176. The van der Waals surface area contributed by atoms with Crippen LogP contribution in [0, 0.1) is 0 Å². The monoisotopic (exact) mass is 327 g/mol. The average Bonchev–Trinajstić information content (AvgIpc) is 2.61. The molecule has 2 rings (SSSR count). The van der Waals surface area contributed by atoms with E-state index in [1.807, 2.05) is 36.4 Å². The molecule has 3 N–H and O–H groups in total. The van der Waals surface area contributed by atoms with E-state index in [1.165, 1.54) is 0 Å². The average molecular weight is 327 g/mol. The molecule has 2 aromatic rings. The number of rotatable bonds is 8. The van der Waals surface area contributed by atoms with E-state index in [-0.39, 0.29) is 18.4 Å². The van der Waals surface area contributed by atoms with E-state index in [9.17, 15) is 9.59 Å². The van der Waals surface area contributed by atoms with Gasteiger partial charge < -0.3 is 20.7 Å². The third-order valence-electron chi connectivity index (χ3n) is 3.23. The van der Waals surface area contributed by atoms with Gasteiger partial charge in [0, 0.05) is 30.6 Å². The summed E-state index contributed by atoms with van der Waals surface area (Å²) >= 11 is 0. The highest BCUT2D eigenvalue weighted by Gasteiger charge is 2.06. The molecule has 2 amide bonds. The van der Waals surface area contributed by atoms with Crippen LogP contribution in [0.25, 0.3) is 0 Å². The standard InChI is InChI=1S/C18H21N3O3/c1-24-11-10-19-18(23)14-6-5-9-16(12-14)20-13-17(22)21-15-7-3-2-4-8-15/h2-9,12,20H,10-11,13H2,1H3,(H,19,23)(H,21,22). The molecule has 0 aliphatic rings. The van der Waals surface area contributed by atoms with E-state index >= 15 is 0 Å². The fraction of sp³-hybridized carbons (Fsp3) is 0.222. The van der Waals surface area contributed by atoms with Crippen LogP contribution in [-0.2, 0) is 9.53 Å². The number of anilines is 2. The summed E-state index contributed by atoms with van der Waals surface area (Å²) in [7, 11) is 1.58. The molecule has 0 fully saturated rings. The van der Waals surface area contributed by atoms with Gasteiger partial charge >= 0.3 is 0 Å². The lowest BCUT2D eigenvalue weighted by Gasteiger charge is -2.09. The molecule has 6 nitrogen and oxygen atoms in total.